The number of carbonyl (C=O) groups excluding carboxylic acids is 1. The van der Waals surface area contributed by atoms with Crippen molar-refractivity contribution >= 4 is 44.4 Å². The molecule has 0 aliphatic rings. The molecule has 2 aromatic heterocycles. The molecule has 0 aliphatic carbocycles. The van der Waals surface area contributed by atoms with Crippen molar-refractivity contribution in [3.63, 3.8) is 0 Å². The van der Waals surface area contributed by atoms with Gasteiger partial charge in [-0.2, -0.15) is 0 Å². The first-order chi connectivity index (χ1) is 15.4. The molecule has 3 N–H and O–H groups in total. The number of anilines is 1. The predicted octanol–water partition coefficient (Wildman–Crippen LogP) is 6.66. The number of nitrogens with zero attached hydrogens (tertiary/aromatic N) is 1. The minimum atomic E-state index is -0.452. The Kier molecular flexibility index (Phi) is 5.00. The molecule has 0 bridgehead atoms. The van der Waals surface area contributed by atoms with Crippen LogP contribution in [0.4, 0.5) is 10.2 Å². The van der Waals surface area contributed by atoms with Gasteiger partial charge in [-0.25, -0.2) is 9.37 Å². The highest BCUT2D eigenvalue weighted by Crippen LogP contribution is 2.42. The van der Waals surface area contributed by atoms with Crippen LogP contribution in [0.25, 0.3) is 31.8 Å². The van der Waals surface area contributed by atoms with Gasteiger partial charge in [0.2, 0.25) is 5.78 Å². The Bertz CT molecular complexity index is 1490. The number of hydrogen-bond donors (Lipinski definition) is 2. The van der Waals surface area contributed by atoms with E-state index >= 15 is 0 Å². The zero-order valence-corrected chi connectivity index (χ0v) is 18.6. The molecule has 0 radical (unpaired) electrons. The van der Waals surface area contributed by atoms with Crippen molar-refractivity contribution in [2.75, 3.05) is 5.73 Å². The number of aromatic nitrogens is 1. The second-order valence-electron chi connectivity index (χ2n) is 7.43. The molecule has 5 rings (SSSR count). The monoisotopic (exact) mass is 460 g/mol. The van der Waals surface area contributed by atoms with E-state index in [1.54, 1.807) is 36.6 Å². The smallest absolute Gasteiger partial charge is 0.203 e. The maximum absolute atomic E-state index is 13.9. The number of nitrogen functional groups attached to an aromatic ring is 1. The quantitative estimate of drug-likeness (QED) is 0.294. The van der Waals surface area contributed by atoms with Crippen molar-refractivity contribution in [1.82, 2.24) is 4.98 Å². The van der Waals surface area contributed by atoms with Crippen LogP contribution in [0.2, 0.25) is 0 Å². The summed E-state index contributed by atoms with van der Waals surface area (Å²) in [5.41, 5.74) is 9.34. The molecule has 5 aromatic rings. The van der Waals surface area contributed by atoms with E-state index in [0.717, 1.165) is 31.8 Å². The molecule has 0 saturated carbocycles. The summed E-state index contributed by atoms with van der Waals surface area (Å²) in [7, 11) is 0. The van der Waals surface area contributed by atoms with Crippen LogP contribution >= 0.6 is 22.7 Å². The molecule has 4 nitrogen and oxygen atoms in total. The number of aromatic hydroxyl groups is 1. The van der Waals surface area contributed by atoms with E-state index in [-0.39, 0.29) is 11.5 Å². The van der Waals surface area contributed by atoms with Crippen LogP contribution < -0.4 is 5.73 Å². The van der Waals surface area contributed by atoms with Gasteiger partial charge >= 0.3 is 0 Å². The van der Waals surface area contributed by atoms with E-state index in [0.29, 0.717) is 21.8 Å². The number of thiophene rings is 1. The Morgan fingerprint density at radius 3 is 2.50 bits per heavy atom. The van der Waals surface area contributed by atoms with E-state index in [4.69, 9.17) is 5.73 Å². The fourth-order valence-corrected chi connectivity index (χ4v) is 5.62. The maximum atomic E-state index is 13.9. The van der Waals surface area contributed by atoms with Crippen molar-refractivity contribution in [2.24, 2.45) is 0 Å². The SMILES string of the molecule is Cc1ccc(F)cc1C(=O)c1sc2cc(O)ccc2c1-c1ccc(-c2nc(N)cs2)cc1. The first-order valence-electron chi connectivity index (χ1n) is 9.79. The Balaban J connectivity index is 1.68. The number of hydrogen-bond acceptors (Lipinski definition) is 6. The third kappa shape index (κ3) is 3.55. The van der Waals surface area contributed by atoms with Gasteiger partial charge < -0.3 is 10.8 Å². The van der Waals surface area contributed by atoms with E-state index in [1.165, 1.54) is 34.8 Å². The van der Waals surface area contributed by atoms with Gasteiger partial charge in [-0.05, 0) is 48.4 Å². The number of aryl methyl sites for hydroxylation is 1. The van der Waals surface area contributed by atoms with Gasteiger partial charge in [0.15, 0.2) is 0 Å². The normalized spacial score (nSPS) is 11.2. The predicted molar refractivity (Wildman–Crippen MR) is 129 cm³/mol. The molecule has 0 saturated heterocycles. The number of fused-ring (bicyclic) bond motifs is 1. The van der Waals surface area contributed by atoms with Crippen LogP contribution in [0.5, 0.6) is 5.75 Å². The van der Waals surface area contributed by atoms with Gasteiger partial charge in [0.25, 0.3) is 0 Å². The van der Waals surface area contributed by atoms with Crippen LogP contribution in [-0.4, -0.2) is 15.9 Å². The van der Waals surface area contributed by atoms with Crippen molar-refractivity contribution in [3.05, 3.63) is 87.9 Å². The fraction of sp³-hybridized carbons (Fsp3) is 0.0400. The van der Waals surface area contributed by atoms with E-state index in [2.05, 4.69) is 4.98 Å². The van der Waals surface area contributed by atoms with E-state index in [1.807, 2.05) is 24.3 Å². The molecule has 0 aliphatic heterocycles. The number of benzene rings is 3. The third-order valence-corrected chi connectivity index (χ3v) is 7.33. The zero-order valence-electron chi connectivity index (χ0n) is 16.9. The number of carbonyl (C=O) groups is 1. The average Bonchev–Trinajstić information content (AvgIpc) is 3.38. The van der Waals surface area contributed by atoms with Crippen molar-refractivity contribution in [2.45, 2.75) is 6.92 Å². The largest absolute Gasteiger partial charge is 0.508 e. The average molecular weight is 461 g/mol. The number of phenols is 1. The summed E-state index contributed by atoms with van der Waals surface area (Å²) in [5.74, 6) is -0.0835. The third-order valence-electron chi connectivity index (χ3n) is 5.27. The lowest BCUT2D eigenvalue weighted by Crippen LogP contribution is -2.04. The highest BCUT2D eigenvalue weighted by molar-refractivity contribution is 7.21. The second-order valence-corrected chi connectivity index (χ2v) is 9.34. The summed E-state index contributed by atoms with van der Waals surface area (Å²) in [6.45, 7) is 1.79. The Morgan fingerprint density at radius 1 is 1.03 bits per heavy atom. The summed E-state index contributed by atoms with van der Waals surface area (Å²) in [5, 5.41) is 13.4. The van der Waals surface area contributed by atoms with Crippen LogP contribution in [0.3, 0.4) is 0 Å². The van der Waals surface area contributed by atoms with Gasteiger partial charge in [-0.15, -0.1) is 22.7 Å². The number of phenolic OH excluding ortho intramolecular Hbond substituents is 1. The second kappa shape index (κ2) is 7.85. The number of halogens is 1. The lowest BCUT2D eigenvalue weighted by molar-refractivity contribution is 0.104. The zero-order chi connectivity index (χ0) is 22.4. The minimum Gasteiger partial charge on any atom is -0.508 e. The molecule has 7 heteroatoms. The molecule has 0 spiro atoms. The summed E-state index contributed by atoms with van der Waals surface area (Å²) in [6.07, 6.45) is 0. The van der Waals surface area contributed by atoms with Crippen LogP contribution in [-0.2, 0) is 0 Å². The summed E-state index contributed by atoms with van der Waals surface area (Å²) in [4.78, 5) is 18.3. The van der Waals surface area contributed by atoms with E-state index < -0.39 is 5.82 Å². The molecular formula is C25H17FN2O2S2. The number of ketones is 1. The van der Waals surface area contributed by atoms with Crippen molar-refractivity contribution < 1.29 is 14.3 Å². The number of rotatable bonds is 4. The first kappa shape index (κ1) is 20.4. The molecule has 3 aromatic carbocycles. The molecule has 32 heavy (non-hydrogen) atoms. The Morgan fingerprint density at radius 2 is 1.78 bits per heavy atom. The van der Waals surface area contributed by atoms with Crippen LogP contribution in [0, 0.1) is 12.7 Å². The highest BCUT2D eigenvalue weighted by Gasteiger charge is 2.23. The maximum Gasteiger partial charge on any atom is 0.203 e. The highest BCUT2D eigenvalue weighted by atomic mass is 32.1. The van der Waals surface area contributed by atoms with Gasteiger partial charge in [-0.1, -0.05) is 30.3 Å². The van der Waals surface area contributed by atoms with Gasteiger partial charge in [0, 0.05) is 32.2 Å². The van der Waals surface area contributed by atoms with Crippen molar-refractivity contribution in [3.8, 4) is 27.4 Å². The lowest BCUT2D eigenvalue weighted by atomic mass is 9.96. The molecule has 2 heterocycles. The van der Waals surface area contributed by atoms with E-state index in [9.17, 15) is 14.3 Å². The van der Waals surface area contributed by atoms with Crippen LogP contribution in [0.1, 0.15) is 20.8 Å². The number of thiazole rings is 1. The van der Waals surface area contributed by atoms with Crippen LogP contribution in [0.15, 0.2) is 66.0 Å². The van der Waals surface area contributed by atoms with Gasteiger partial charge in [0.1, 0.15) is 22.4 Å². The standard InChI is InChI=1S/C25H17FN2O2S2/c1-13-2-7-16(26)10-19(13)23(30)24-22(18-9-8-17(29)11-20(18)32-24)14-3-5-15(6-4-14)25-28-21(27)12-31-25/h2-12,29H,27H2,1H3. The molecule has 0 atom stereocenters. The van der Waals surface area contributed by atoms with Gasteiger partial charge in [-0.3, -0.25) is 4.79 Å². The summed E-state index contributed by atoms with van der Waals surface area (Å²) >= 11 is 2.76. The minimum absolute atomic E-state index is 0.128. The molecule has 158 valence electrons. The molecule has 0 fully saturated rings. The summed E-state index contributed by atoms with van der Waals surface area (Å²) < 4.78 is 14.7. The molecular weight excluding hydrogens is 443 g/mol. The first-order valence-corrected chi connectivity index (χ1v) is 11.5. The Labute approximate surface area is 191 Å². The van der Waals surface area contributed by atoms with Gasteiger partial charge in [0.05, 0.1) is 4.88 Å². The summed E-state index contributed by atoms with van der Waals surface area (Å²) in [6, 6.07) is 17.1. The van der Waals surface area contributed by atoms with Crippen molar-refractivity contribution in [1.29, 1.82) is 0 Å². The number of nitrogens with two attached hydrogens (primary N) is 1. The molecule has 0 unspecified atom stereocenters. The topological polar surface area (TPSA) is 76.2 Å². The lowest BCUT2D eigenvalue weighted by Gasteiger charge is -2.08. The fourth-order valence-electron chi connectivity index (χ4n) is 3.69. The Hall–Kier alpha value is -3.55. The molecule has 0 amide bonds.